The highest BCUT2D eigenvalue weighted by Gasteiger charge is 2.56. The van der Waals surface area contributed by atoms with Gasteiger partial charge in [-0.15, -0.1) is 0 Å². The number of rotatable bonds is 4. The van der Waals surface area contributed by atoms with Gasteiger partial charge in [-0.1, -0.05) is 35.3 Å². The van der Waals surface area contributed by atoms with E-state index in [0.29, 0.717) is 0 Å². The molecule has 0 bridgehead atoms. The SMILES string of the molecule is O=C(Nc1ccc(C(=O)N2CCC(F)(F)[C@](O)(CO)c3cc(Cl)ccc32)c(F)c1)c1ccccc1Cl. The van der Waals surface area contributed by atoms with Gasteiger partial charge in [0.25, 0.3) is 17.7 Å². The topological polar surface area (TPSA) is 89.9 Å². The molecule has 3 aromatic rings. The fourth-order valence-electron chi connectivity index (χ4n) is 4.02. The van der Waals surface area contributed by atoms with Crippen LogP contribution in [0.15, 0.2) is 60.7 Å². The number of hydrogen-bond acceptors (Lipinski definition) is 4. The van der Waals surface area contributed by atoms with E-state index in [9.17, 15) is 28.6 Å². The molecular weight excluding hydrogens is 520 g/mol. The maximum absolute atomic E-state index is 15.0. The number of nitrogens with zero attached hydrogens (tertiary/aromatic N) is 1. The lowest BCUT2D eigenvalue weighted by Gasteiger charge is -2.33. The molecule has 1 atom stereocenters. The molecule has 1 heterocycles. The maximum atomic E-state index is 15.0. The van der Waals surface area contributed by atoms with E-state index in [-0.39, 0.29) is 27.0 Å². The van der Waals surface area contributed by atoms with Crippen LogP contribution >= 0.6 is 23.2 Å². The normalized spacial score (nSPS) is 18.8. The van der Waals surface area contributed by atoms with Crippen LogP contribution in [-0.2, 0) is 5.60 Å². The van der Waals surface area contributed by atoms with Crippen LogP contribution in [0.1, 0.15) is 32.7 Å². The van der Waals surface area contributed by atoms with Crippen molar-refractivity contribution in [2.45, 2.75) is 17.9 Å². The Morgan fingerprint density at radius 2 is 1.75 bits per heavy atom. The predicted octanol–water partition coefficient (Wildman–Crippen LogP) is 5.25. The van der Waals surface area contributed by atoms with Gasteiger partial charge in [-0.2, -0.15) is 0 Å². The summed E-state index contributed by atoms with van der Waals surface area (Å²) < 4.78 is 44.8. The van der Waals surface area contributed by atoms with E-state index < -0.39 is 59.9 Å². The summed E-state index contributed by atoms with van der Waals surface area (Å²) in [4.78, 5) is 26.6. The van der Waals surface area contributed by atoms with Crippen LogP contribution in [0.3, 0.4) is 0 Å². The largest absolute Gasteiger partial charge is 0.393 e. The number of carbonyl (C=O) groups excluding carboxylic acids is 2. The Morgan fingerprint density at radius 1 is 1.03 bits per heavy atom. The molecule has 0 saturated heterocycles. The van der Waals surface area contributed by atoms with Gasteiger partial charge in [-0.25, -0.2) is 13.2 Å². The molecule has 36 heavy (non-hydrogen) atoms. The molecule has 0 radical (unpaired) electrons. The smallest absolute Gasteiger partial charge is 0.284 e. The third-order valence-electron chi connectivity index (χ3n) is 6.00. The number of carbonyl (C=O) groups is 2. The minimum atomic E-state index is -3.82. The third-order valence-corrected chi connectivity index (χ3v) is 6.56. The Balaban J connectivity index is 1.67. The Labute approximate surface area is 213 Å². The van der Waals surface area contributed by atoms with Gasteiger partial charge in [-0.3, -0.25) is 9.59 Å². The molecular formula is C25H19Cl2F3N2O4. The Kier molecular flexibility index (Phi) is 7.03. The molecule has 188 valence electrons. The van der Waals surface area contributed by atoms with Crippen molar-refractivity contribution in [1.29, 1.82) is 0 Å². The van der Waals surface area contributed by atoms with Crippen LogP contribution in [0.25, 0.3) is 0 Å². The lowest BCUT2D eigenvalue weighted by atomic mass is 9.86. The number of nitrogens with one attached hydrogen (secondary N) is 1. The number of alkyl halides is 2. The summed E-state index contributed by atoms with van der Waals surface area (Å²) in [7, 11) is 0. The van der Waals surface area contributed by atoms with Crippen molar-refractivity contribution in [3.05, 3.63) is 93.2 Å². The summed E-state index contributed by atoms with van der Waals surface area (Å²) in [5.74, 6) is -6.39. The van der Waals surface area contributed by atoms with Crippen molar-refractivity contribution in [3.63, 3.8) is 0 Å². The monoisotopic (exact) mass is 538 g/mol. The second-order valence-electron chi connectivity index (χ2n) is 8.22. The summed E-state index contributed by atoms with van der Waals surface area (Å²) in [6, 6.07) is 13.2. The van der Waals surface area contributed by atoms with E-state index in [0.717, 1.165) is 23.1 Å². The first-order valence-corrected chi connectivity index (χ1v) is 11.4. The molecule has 11 heteroatoms. The highest BCUT2D eigenvalue weighted by Crippen LogP contribution is 2.47. The van der Waals surface area contributed by atoms with Gasteiger partial charge in [0, 0.05) is 29.2 Å². The molecule has 0 unspecified atom stereocenters. The summed E-state index contributed by atoms with van der Waals surface area (Å²) in [5, 5.41) is 23.0. The molecule has 1 aliphatic rings. The Morgan fingerprint density at radius 3 is 2.42 bits per heavy atom. The van der Waals surface area contributed by atoms with Gasteiger partial charge < -0.3 is 20.4 Å². The summed E-state index contributed by atoms with van der Waals surface area (Å²) in [5.41, 5.74) is -3.86. The minimum Gasteiger partial charge on any atom is -0.393 e. The summed E-state index contributed by atoms with van der Waals surface area (Å²) >= 11 is 12.0. The minimum absolute atomic E-state index is 0.00415. The van der Waals surface area contributed by atoms with Crippen molar-refractivity contribution in [3.8, 4) is 0 Å². The molecule has 2 amide bonds. The number of benzene rings is 3. The quantitative estimate of drug-likeness (QED) is 0.423. The van der Waals surface area contributed by atoms with Crippen molar-refractivity contribution in [2.24, 2.45) is 0 Å². The van der Waals surface area contributed by atoms with E-state index >= 15 is 4.39 Å². The molecule has 6 nitrogen and oxygen atoms in total. The van der Waals surface area contributed by atoms with Crippen LogP contribution in [0, 0.1) is 5.82 Å². The third kappa shape index (κ3) is 4.55. The molecule has 0 saturated carbocycles. The molecule has 0 spiro atoms. The van der Waals surface area contributed by atoms with Crippen molar-refractivity contribution in [1.82, 2.24) is 0 Å². The zero-order chi connectivity index (χ0) is 26.3. The molecule has 0 aliphatic carbocycles. The number of amides is 2. The van der Waals surface area contributed by atoms with Crippen LogP contribution in [-0.4, -0.2) is 41.1 Å². The maximum Gasteiger partial charge on any atom is 0.284 e. The van der Waals surface area contributed by atoms with Crippen molar-refractivity contribution < 1.29 is 33.0 Å². The van der Waals surface area contributed by atoms with Crippen LogP contribution in [0.5, 0.6) is 0 Å². The first kappa shape index (κ1) is 26.0. The number of fused-ring (bicyclic) bond motifs is 1. The number of halogens is 5. The summed E-state index contributed by atoms with van der Waals surface area (Å²) in [6.07, 6.45) is -1.00. The second kappa shape index (κ2) is 9.74. The van der Waals surface area contributed by atoms with Crippen LogP contribution in [0.2, 0.25) is 10.0 Å². The highest BCUT2D eigenvalue weighted by atomic mass is 35.5. The number of hydrogen-bond donors (Lipinski definition) is 3. The van der Waals surface area contributed by atoms with Gasteiger partial charge in [-0.05, 0) is 48.5 Å². The lowest BCUT2D eigenvalue weighted by Crippen LogP contribution is -2.48. The number of aliphatic hydroxyl groups excluding tert-OH is 1. The highest BCUT2D eigenvalue weighted by molar-refractivity contribution is 6.34. The Hall–Kier alpha value is -3.11. The molecule has 1 aliphatic heterocycles. The van der Waals surface area contributed by atoms with E-state index in [1.165, 1.54) is 30.3 Å². The average molecular weight is 539 g/mol. The molecule has 0 fully saturated rings. The van der Waals surface area contributed by atoms with E-state index in [1.54, 1.807) is 12.1 Å². The van der Waals surface area contributed by atoms with Crippen molar-refractivity contribution in [2.75, 3.05) is 23.4 Å². The first-order chi connectivity index (χ1) is 17.0. The average Bonchev–Trinajstić information content (AvgIpc) is 2.92. The number of aliphatic hydroxyl groups is 2. The Bertz CT molecular complexity index is 1350. The van der Waals surface area contributed by atoms with Crippen molar-refractivity contribution >= 4 is 46.4 Å². The molecule has 0 aromatic heterocycles. The number of anilines is 2. The van der Waals surface area contributed by atoms with Crippen LogP contribution in [0.4, 0.5) is 24.5 Å². The second-order valence-corrected chi connectivity index (χ2v) is 9.06. The van der Waals surface area contributed by atoms with E-state index in [2.05, 4.69) is 5.32 Å². The lowest BCUT2D eigenvalue weighted by molar-refractivity contribution is -0.205. The van der Waals surface area contributed by atoms with Gasteiger partial charge in [0.15, 0.2) is 5.60 Å². The molecule has 3 N–H and O–H groups in total. The molecule has 4 rings (SSSR count). The molecule has 3 aromatic carbocycles. The zero-order valence-electron chi connectivity index (χ0n) is 18.4. The summed E-state index contributed by atoms with van der Waals surface area (Å²) in [6.45, 7) is -1.91. The van der Waals surface area contributed by atoms with E-state index in [4.69, 9.17) is 23.2 Å². The first-order valence-electron chi connectivity index (χ1n) is 10.7. The predicted molar refractivity (Wildman–Crippen MR) is 129 cm³/mol. The van der Waals surface area contributed by atoms with Crippen LogP contribution < -0.4 is 10.2 Å². The van der Waals surface area contributed by atoms with Gasteiger partial charge >= 0.3 is 0 Å². The standard InChI is InChI=1S/C25H19Cl2F3N2O4/c26-14-5-8-21-18(11-14)24(36,13-33)25(29,30)9-10-32(21)23(35)17-7-6-15(12-20(17)28)31-22(34)16-3-1-2-4-19(16)27/h1-8,11-12,33,36H,9-10,13H2,(H,31,34)/t24-/m0/s1. The van der Waals surface area contributed by atoms with Gasteiger partial charge in [0.05, 0.1) is 28.4 Å². The van der Waals surface area contributed by atoms with Gasteiger partial charge in [0.1, 0.15) is 5.82 Å². The van der Waals surface area contributed by atoms with Gasteiger partial charge in [0.2, 0.25) is 0 Å². The fraction of sp³-hybridized carbons (Fsp3) is 0.200. The van der Waals surface area contributed by atoms with E-state index in [1.807, 2.05) is 0 Å². The fourth-order valence-corrected chi connectivity index (χ4v) is 4.41. The zero-order valence-corrected chi connectivity index (χ0v) is 20.0.